The molecule has 4 nitrogen and oxygen atoms in total. The van der Waals surface area contributed by atoms with Crippen molar-refractivity contribution >= 4 is 11.8 Å². The summed E-state index contributed by atoms with van der Waals surface area (Å²) < 4.78 is 28.7. The van der Waals surface area contributed by atoms with E-state index in [1.165, 1.54) is 23.1 Å². The first-order valence-electron chi connectivity index (χ1n) is 8.42. The third kappa shape index (κ3) is 3.57. The number of piperidine rings is 1. The Morgan fingerprint density at radius 1 is 1.38 bits per heavy atom. The van der Waals surface area contributed by atoms with E-state index in [9.17, 15) is 14.0 Å². The summed E-state index contributed by atoms with van der Waals surface area (Å²) in [6, 6.07) is 4.22. The zero-order valence-electron chi connectivity index (χ0n) is 13.8. The number of hydrogen-bond donors (Lipinski definition) is 1. The Bertz CT molecular complexity index is 660. The van der Waals surface area contributed by atoms with Gasteiger partial charge in [0.15, 0.2) is 0 Å². The molecule has 2 amide bonds. The number of alkyl halides is 1. The smallest absolute Gasteiger partial charge is 0.259 e. The number of benzene rings is 1. The third-order valence-corrected chi connectivity index (χ3v) is 4.80. The van der Waals surface area contributed by atoms with Crippen LogP contribution in [0.25, 0.3) is 0 Å². The molecule has 3 rings (SSSR count). The first-order chi connectivity index (χ1) is 11.4. The molecule has 1 aliphatic heterocycles. The first kappa shape index (κ1) is 16.9. The molecule has 1 N–H and O–H groups in total. The lowest BCUT2D eigenvalue weighted by atomic mass is 9.93. The van der Waals surface area contributed by atoms with E-state index in [0.29, 0.717) is 31.0 Å². The van der Waals surface area contributed by atoms with Crippen molar-refractivity contribution in [2.45, 2.75) is 38.3 Å². The highest BCUT2D eigenvalue weighted by atomic mass is 19.1. The normalized spacial score (nSPS) is 23.9. The van der Waals surface area contributed by atoms with Gasteiger partial charge in [-0.25, -0.2) is 8.78 Å². The quantitative estimate of drug-likeness (QED) is 0.919. The molecule has 1 saturated carbocycles. The van der Waals surface area contributed by atoms with Crippen LogP contribution in [0.4, 0.5) is 8.78 Å². The summed E-state index contributed by atoms with van der Waals surface area (Å²) in [6.07, 6.45) is 2.66. The van der Waals surface area contributed by atoms with Crippen molar-refractivity contribution < 1.29 is 18.4 Å². The van der Waals surface area contributed by atoms with Crippen LogP contribution in [0.5, 0.6) is 0 Å². The van der Waals surface area contributed by atoms with Crippen LogP contribution in [0.3, 0.4) is 0 Å². The minimum Gasteiger partial charge on any atom is -0.353 e. The van der Waals surface area contributed by atoms with Gasteiger partial charge in [-0.15, -0.1) is 0 Å². The van der Waals surface area contributed by atoms with Gasteiger partial charge in [0.1, 0.15) is 5.82 Å². The zero-order valence-corrected chi connectivity index (χ0v) is 13.8. The number of aryl methyl sites for hydroxylation is 1. The summed E-state index contributed by atoms with van der Waals surface area (Å²) in [7, 11) is 0. The van der Waals surface area contributed by atoms with E-state index in [1.54, 1.807) is 6.92 Å². The number of amides is 2. The number of nitrogens with zero attached hydrogens (tertiary/aromatic N) is 1. The molecule has 1 aromatic rings. The molecule has 2 aliphatic rings. The van der Waals surface area contributed by atoms with Crippen molar-refractivity contribution in [2.75, 3.05) is 19.6 Å². The lowest BCUT2D eigenvalue weighted by Gasteiger charge is -2.36. The maximum Gasteiger partial charge on any atom is 0.259 e. The number of nitrogens with one attached hydrogen (secondary N) is 1. The van der Waals surface area contributed by atoms with Crippen molar-refractivity contribution in [1.29, 1.82) is 0 Å². The van der Waals surface area contributed by atoms with Gasteiger partial charge in [-0.2, -0.15) is 0 Å². The summed E-state index contributed by atoms with van der Waals surface area (Å²) in [5.74, 6) is -1.08. The Labute approximate surface area is 140 Å². The minimum atomic E-state index is -2.06. The molecular formula is C18H22F2N2O2. The second-order valence-electron chi connectivity index (χ2n) is 6.91. The Kier molecular flexibility index (Phi) is 4.56. The largest absolute Gasteiger partial charge is 0.353 e. The number of rotatable bonds is 4. The monoisotopic (exact) mass is 336 g/mol. The molecule has 1 unspecified atom stereocenters. The summed E-state index contributed by atoms with van der Waals surface area (Å²) in [4.78, 5) is 26.0. The van der Waals surface area contributed by atoms with Gasteiger partial charge < -0.3 is 10.2 Å². The van der Waals surface area contributed by atoms with E-state index < -0.39 is 23.3 Å². The number of likely N-dealkylation sites (tertiary alicyclic amines) is 1. The van der Waals surface area contributed by atoms with Crippen molar-refractivity contribution in [3.63, 3.8) is 0 Å². The van der Waals surface area contributed by atoms with Gasteiger partial charge >= 0.3 is 0 Å². The van der Waals surface area contributed by atoms with Crippen molar-refractivity contribution in [3.05, 3.63) is 35.1 Å². The van der Waals surface area contributed by atoms with Gasteiger partial charge in [-0.1, -0.05) is 6.07 Å². The van der Waals surface area contributed by atoms with Gasteiger partial charge in [0.05, 0.1) is 6.54 Å². The second-order valence-corrected chi connectivity index (χ2v) is 6.91. The molecule has 2 fully saturated rings. The Balaban J connectivity index is 1.68. The van der Waals surface area contributed by atoms with Gasteiger partial charge in [0, 0.05) is 18.7 Å². The number of carbonyl (C=O) groups excluding carboxylic acids is 2. The van der Waals surface area contributed by atoms with Crippen LogP contribution in [-0.4, -0.2) is 42.0 Å². The molecule has 1 heterocycles. The van der Waals surface area contributed by atoms with E-state index in [2.05, 4.69) is 5.32 Å². The average molecular weight is 336 g/mol. The fourth-order valence-electron chi connectivity index (χ4n) is 3.00. The SMILES string of the molecule is Cc1ccc(C(=O)N2CCCC(F)(C(=O)NCC3CC3)C2)cc1F. The molecule has 0 radical (unpaired) electrons. The molecule has 0 spiro atoms. The summed E-state index contributed by atoms with van der Waals surface area (Å²) >= 11 is 0. The molecular weight excluding hydrogens is 314 g/mol. The molecule has 6 heteroatoms. The van der Waals surface area contributed by atoms with E-state index in [-0.39, 0.29) is 18.5 Å². The summed E-state index contributed by atoms with van der Waals surface area (Å²) in [5, 5.41) is 2.66. The maximum absolute atomic E-state index is 15.0. The number of carbonyl (C=O) groups is 2. The predicted molar refractivity (Wildman–Crippen MR) is 85.8 cm³/mol. The van der Waals surface area contributed by atoms with E-state index >= 15 is 4.39 Å². The fraction of sp³-hybridized carbons (Fsp3) is 0.556. The Morgan fingerprint density at radius 3 is 2.79 bits per heavy atom. The number of halogens is 2. The molecule has 1 atom stereocenters. The van der Waals surface area contributed by atoms with E-state index in [4.69, 9.17) is 0 Å². The van der Waals surface area contributed by atoms with Crippen LogP contribution < -0.4 is 5.32 Å². The Hall–Kier alpha value is -1.98. The van der Waals surface area contributed by atoms with Crippen LogP contribution in [0, 0.1) is 18.7 Å². The predicted octanol–water partition coefficient (Wildman–Crippen LogP) is 2.60. The van der Waals surface area contributed by atoms with Crippen molar-refractivity contribution in [3.8, 4) is 0 Å². The van der Waals surface area contributed by atoms with Crippen LogP contribution in [0.1, 0.15) is 41.6 Å². The maximum atomic E-state index is 15.0. The standard InChI is InChI=1S/C18H22F2N2O2/c1-12-3-6-14(9-15(12)19)16(23)22-8-2-7-18(20,11-22)17(24)21-10-13-4-5-13/h3,6,9,13H,2,4-5,7-8,10-11H2,1H3,(H,21,24). The number of hydrogen-bond acceptors (Lipinski definition) is 2. The lowest BCUT2D eigenvalue weighted by Crippen LogP contribution is -2.55. The Morgan fingerprint density at radius 2 is 2.12 bits per heavy atom. The summed E-state index contributed by atoms with van der Waals surface area (Å²) in [5.41, 5.74) is -1.43. The van der Waals surface area contributed by atoms with E-state index in [0.717, 1.165) is 12.8 Å². The molecule has 1 saturated heterocycles. The zero-order chi connectivity index (χ0) is 17.3. The van der Waals surface area contributed by atoms with Gasteiger partial charge in [0.2, 0.25) is 5.67 Å². The van der Waals surface area contributed by atoms with Gasteiger partial charge in [-0.3, -0.25) is 9.59 Å². The van der Waals surface area contributed by atoms with E-state index in [1.807, 2.05) is 0 Å². The molecule has 0 aromatic heterocycles. The molecule has 1 aliphatic carbocycles. The van der Waals surface area contributed by atoms with Gasteiger partial charge in [0.25, 0.3) is 11.8 Å². The van der Waals surface area contributed by atoms with Crippen LogP contribution in [-0.2, 0) is 4.79 Å². The highest BCUT2D eigenvalue weighted by Gasteiger charge is 2.44. The second kappa shape index (κ2) is 6.49. The summed E-state index contributed by atoms with van der Waals surface area (Å²) in [6.45, 7) is 2.20. The van der Waals surface area contributed by atoms with Crippen molar-refractivity contribution in [1.82, 2.24) is 10.2 Å². The average Bonchev–Trinajstić information content (AvgIpc) is 3.39. The minimum absolute atomic E-state index is 0.107. The van der Waals surface area contributed by atoms with Crippen LogP contribution in [0.2, 0.25) is 0 Å². The highest BCUT2D eigenvalue weighted by Crippen LogP contribution is 2.30. The first-order valence-corrected chi connectivity index (χ1v) is 8.42. The fourth-order valence-corrected chi connectivity index (χ4v) is 3.00. The van der Waals surface area contributed by atoms with Gasteiger partial charge in [-0.05, 0) is 56.2 Å². The molecule has 24 heavy (non-hydrogen) atoms. The van der Waals surface area contributed by atoms with Crippen molar-refractivity contribution in [2.24, 2.45) is 5.92 Å². The molecule has 1 aromatic carbocycles. The molecule has 0 bridgehead atoms. The molecule has 130 valence electrons. The van der Waals surface area contributed by atoms with Crippen LogP contribution >= 0.6 is 0 Å². The lowest BCUT2D eigenvalue weighted by molar-refractivity contribution is -0.135. The van der Waals surface area contributed by atoms with Crippen LogP contribution in [0.15, 0.2) is 18.2 Å². The highest BCUT2D eigenvalue weighted by molar-refractivity contribution is 5.95. The topological polar surface area (TPSA) is 49.4 Å². The third-order valence-electron chi connectivity index (χ3n) is 4.80.